The number of carbonyl (C=O) groups excluding carboxylic acids is 3. The highest BCUT2D eigenvalue weighted by Gasteiger charge is 2.38. The van der Waals surface area contributed by atoms with Gasteiger partial charge < -0.3 is 9.47 Å². The van der Waals surface area contributed by atoms with Crippen molar-refractivity contribution in [2.75, 3.05) is 0 Å². The molecule has 0 spiro atoms. The highest BCUT2D eigenvalue weighted by atomic mass is 16.7. The molecule has 1 aromatic rings. The zero-order chi connectivity index (χ0) is 19.3. The van der Waals surface area contributed by atoms with Gasteiger partial charge in [-0.25, -0.2) is 9.59 Å². The molecule has 1 aliphatic rings. The maximum atomic E-state index is 12.5. The number of benzene rings is 1. The molecule has 0 aromatic heterocycles. The maximum absolute atomic E-state index is 12.5. The molecule has 0 unspecified atom stereocenters. The Bertz CT molecular complexity index is 799. The van der Waals surface area contributed by atoms with Crippen molar-refractivity contribution in [3.05, 3.63) is 84.0 Å². The van der Waals surface area contributed by atoms with Crippen LogP contribution in [-0.4, -0.2) is 23.5 Å². The lowest BCUT2D eigenvalue weighted by atomic mass is 9.95. The highest BCUT2D eigenvalue weighted by Crippen LogP contribution is 2.29. The van der Waals surface area contributed by atoms with Crippen LogP contribution >= 0.6 is 0 Å². The summed E-state index contributed by atoms with van der Waals surface area (Å²) in [5, 5.41) is 0. The van der Waals surface area contributed by atoms with Crippen LogP contribution in [0.15, 0.2) is 78.4 Å². The first-order chi connectivity index (χ1) is 12.2. The summed E-state index contributed by atoms with van der Waals surface area (Å²) < 4.78 is 10.7. The molecule has 0 amide bonds. The molecule has 5 heteroatoms. The fourth-order valence-corrected chi connectivity index (χ4v) is 2.19. The first-order valence-electron chi connectivity index (χ1n) is 8.01. The quantitative estimate of drug-likeness (QED) is 0.338. The molecule has 0 saturated carbocycles. The van der Waals surface area contributed by atoms with Crippen molar-refractivity contribution in [2.45, 2.75) is 26.1 Å². The highest BCUT2D eigenvalue weighted by molar-refractivity contribution is 6.10. The summed E-state index contributed by atoms with van der Waals surface area (Å²) in [6, 6.07) is 8.78. The van der Waals surface area contributed by atoms with Gasteiger partial charge in [-0.05, 0) is 19.9 Å². The summed E-state index contributed by atoms with van der Waals surface area (Å²) in [7, 11) is 0. The first kappa shape index (κ1) is 19.1. The molecule has 134 valence electrons. The van der Waals surface area contributed by atoms with E-state index >= 15 is 0 Å². The van der Waals surface area contributed by atoms with Gasteiger partial charge in [0.05, 0.1) is 0 Å². The molecule has 0 heterocycles. The number of rotatable bonds is 6. The van der Waals surface area contributed by atoms with Crippen molar-refractivity contribution in [1.82, 2.24) is 0 Å². The zero-order valence-corrected chi connectivity index (χ0v) is 14.8. The van der Waals surface area contributed by atoms with Gasteiger partial charge >= 0.3 is 11.9 Å². The minimum absolute atomic E-state index is 0.00937. The van der Waals surface area contributed by atoms with E-state index in [1.54, 1.807) is 30.3 Å². The summed E-state index contributed by atoms with van der Waals surface area (Å²) in [5.41, 5.74) is 1.29. The SMILES string of the molecule is C=C(C)C(=O)OC1(OC(=O)C(=C)C)C=CC(C(=O)c2ccccc2)=CC1. The molecular formula is C21H20O5. The van der Waals surface area contributed by atoms with Gasteiger partial charge in [0.2, 0.25) is 0 Å². The molecule has 0 fully saturated rings. The fourth-order valence-electron chi connectivity index (χ4n) is 2.19. The van der Waals surface area contributed by atoms with Gasteiger partial charge in [-0.3, -0.25) is 4.79 Å². The number of hydrogen-bond donors (Lipinski definition) is 0. The number of allylic oxidation sites excluding steroid dienone is 2. The van der Waals surface area contributed by atoms with Crippen molar-refractivity contribution in [3.63, 3.8) is 0 Å². The van der Waals surface area contributed by atoms with Gasteiger partial charge in [0, 0.05) is 34.8 Å². The number of carbonyl (C=O) groups is 3. The Kier molecular flexibility index (Phi) is 5.72. The Hall–Kier alpha value is -3.21. The number of esters is 2. The summed E-state index contributed by atoms with van der Waals surface area (Å²) in [4.78, 5) is 36.4. The minimum atomic E-state index is -1.63. The van der Waals surface area contributed by atoms with E-state index in [9.17, 15) is 14.4 Å². The van der Waals surface area contributed by atoms with E-state index < -0.39 is 17.7 Å². The summed E-state index contributed by atoms with van der Waals surface area (Å²) in [6.45, 7) is 10.0. The lowest BCUT2D eigenvalue weighted by Gasteiger charge is -2.31. The fraction of sp³-hybridized carbons (Fsp3) is 0.190. The molecular weight excluding hydrogens is 332 g/mol. The molecule has 1 aliphatic carbocycles. The molecule has 0 aliphatic heterocycles. The summed E-state index contributed by atoms with van der Waals surface area (Å²) >= 11 is 0. The second-order valence-corrected chi connectivity index (χ2v) is 6.04. The van der Waals surface area contributed by atoms with E-state index in [4.69, 9.17) is 9.47 Å². The maximum Gasteiger partial charge on any atom is 0.336 e. The summed E-state index contributed by atoms with van der Waals surface area (Å²) in [6.07, 6.45) is 4.46. The van der Waals surface area contributed by atoms with Crippen molar-refractivity contribution in [2.24, 2.45) is 0 Å². The van der Waals surface area contributed by atoms with E-state index in [0.29, 0.717) is 11.1 Å². The Morgan fingerprint density at radius 3 is 1.92 bits per heavy atom. The second-order valence-electron chi connectivity index (χ2n) is 6.04. The normalized spacial score (nSPS) is 14.8. The third kappa shape index (κ3) is 4.45. The van der Waals surface area contributed by atoms with Crippen LogP contribution in [0.1, 0.15) is 30.6 Å². The monoisotopic (exact) mass is 352 g/mol. The molecule has 0 radical (unpaired) electrons. The van der Waals surface area contributed by atoms with Gasteiger partial charge in [-0.2, -0.15) is 0 Å². The van der Waals surface area contributed by atoms with Crippen LogP contribution in [0.5, 0.6) is 0 Å². The van der Waals surface area contributed by atoms with Crippen molar-refractivity contribution >= 4 is 17.7 Å². The molecule has 0 atom stereocenters. The van der Waals surface area contributed by atoms with Gasteiger partial charge in [0.25, 0.3) is 5.79 Å². The summed E-state index contributed by atoms with van der Waals surface area (Å²) in [5.74, 6) is -3.20. The molecule has 26 heavy (non-hydrogen) atoms. The second kappa shape index (κ2) is 7.78. The van der Waals surface area contributed by atoms with Crippen LogP contribution in [-0.2, 0) is 19.1 Å². The zero-order valence-electron chi connectivity index (χ0n) is 14.8. The minimum Gasteiger partial charge on any atom is -0.415 e. The van der Waals surface area contributed by atoms with Crippen molar-refractivity contribution < 1.29 is 23.9 Å². The molecule has 0 N–H and O–H groups in total. The average Bonchev–Trinajstić information content (AvgIpc) is 2.62. The largest absolute Gasteiger partial charge is 0.415 e. The van der Waals surface area contributed by atoms with Crippen molar-refractivity contribution in [3.8, 4) is 0 Å². The Morgan fingerprint density at radius 2 is 1.50 bits per heavy atom. The average molecular weight is 352 g/mol. The lowest BCUT2D eigenvalue weighted by molar-refractivity contribution is -0.205. The molecule has 5 nitrogen and oxygen atoms in total. The third-order valence-corrected chi connectivity index (χ3v) is 3.65. The van der Waals surface area contributed by atoms with E-state index in [1.807, 2.05) is 6.07 Å². The lowest BCUT2D eigenvalue weighted by Crippen LogP contribution is -2.39. The van der Waals surface area contributed by atoms with E-state index in [0.717, 1.165) is 0 Å². The Morgan fingerprint density at radius 1 is 0.962 bits per heavy atom. The van der Waals surface area contributed by atoms with Crippen LogP contribution in [0.4, 0.5) is 0 Å². The van der Waals surface area contributed by atoms with E-state index in [1.165, 1.54) is 26.0 Å². The smallest absolute Gasteiger partial charge is 0.336 e. The topological polar surface area (TPSA) is 69.7 Å². The van der Waals surface area contributed by atoms with Gasteiger partial charge in [-0.1, -0.05) is 49.6 Å². The van der Waals surface area contributed by atoms with E-state index in [2.05, 4.69) is 13.2 Å². The predicted molar refractivity (Wildman–Crippen MR) is 97.2 cm³/mol. The third-order valence-electron chi connectivity index (χ3n) is 3.65. The molecule has 2 rings (SSSR count). The number of ketones is 1. The van der Waals surface area contributed by atoms with Gasteiger partial charge in [-0.15, -0.1) is 0 Å². The van der Waals surface area contributed by atoms with E-state index in [-0.39, 0.29) is 23.4 Å². The van der Waals surface area contributed by atoms with Crippen LogP contribution in [0.2, 0.25) is 0 Å². The van der Waals surface area contributed by atoms with Gasteiger partial charge in [0.1, 0.15) is 0 Å². The molecule has 1 aromatic carbocycles. The standard InChI is InChI=1S/C21H20O5/c1-14(2)19(23)25-21(26-20(24)15(3)4)12-10-17(11-13-21)18(22)16-8-6-5-7-9-16/h5-12H,1,3,13H2,2,4H3. The van der Waals surface area contributed by atoms with Gasteiger partial charge in [0.15, 0.2) is 5.78 Å². The predicted octanol–water partition coefficient (Wildman–Crippen LogP) is 3.69. The molecule has 0 saturated heterocycles. The van der Waals surface area contributed by atoms with Crippen LogP contribution in [0.25, 0.3) is 0 Å². The number of hydrogen-bond acceptors (Lipinski definition) is 5. The number of ether oxygens (including phenoxy) is 2. The van der Waals surface area contributed by atoms with Crippen molar-refractivity contribution in [1.29, 1.82) is 0 Å². The first-order valence-corrected chi connectivity index (χ1v) is 8.01. The van der Waals surface area contributed by atoms with Crippen LogP contribution in [0, 0.1) is 0 Å². The molecule has 0 bridgehead atoms. The Labute approximate surface area is 152 Å². The Balaban J connectivity index is 2.25. The van der Waals surface area contributed by atoms with Crippen LogP contribution < -0.4 is 0 Å². The van der Waals surface area contributed by atoms with Crippen LogP contribution in [0.3, 0.4) is 0 Å². The number of Topliss-reactive ketones (excluding diaryl/α,β-unsaturated/α-hetero) is 1.